The number of esters is 1. The molecule has 0 aliphatic heterocycles. The zero-order valence-electron chi connectivity index (χ0n) is 13.4. The van der Waals surface area contributed by atoms with E-state index in [9.17, 15) is 4.79 Å². The molecule has 5 nitrogen and oxygen atoms in total. The van der Waals surface area contributed by atoms with Gasteiger partial charge in [-0.25, -0.2) is 0 Å². The Morgan fingerprint density at radius 1 is 1.05 bits per heavy atom. The zero-order chi connectivity index (χ0) is 15.2. The van der Waals surface area contributed by atoms with Gasteiger partial charge in [0, 0.05) is 19.3 Å². The van der Waals surface area contributed by atoms with Crippen molar-refractivity contribution in [2.75, 3.05) is 33.0 Å². The minimum Gasteiger partial charge on any atom is -0.465 e. The van der Waals surface area contributed by atoms with Crippen LogP contribution in [-0.4, -0.2) is 51.1 Å². The molecule has 0 bridgehead atoms. The number of hydrogen-bond acceptors (Lipinski definition) is 5. The first-order chi connectivity index (χ1) is 9.61. The average molecular weight is 289 g/mol. The van der Waals surface area contributed by atoms with Crippen molar-refractivity contribution in [2.45, 2.75) is 59.0 Å². The minimum atomic E-state index is -0.295. The third-order valence-electron chi connectivity index (χ3n) is 2.67. The van der Waals surface area contributed by atoms with Gasteiger partial charge in [0.25, 0.3) is 0 Å². The number of hydrogen-bond donors (Lipinski definition) is 1. The van der Waals surface area contributed by atoms with Crippen molar-refractivity contribution in [1.82, 2.24) is 5.32 Å². The molecule has 0 aromatic rings. The van der Waals surface area contributed by atoms with Gasteiger partial charge in [-0.2, -0.15) is 0 Å². The summed E-state index contributed by atoms with van der Waals surface area (Å²) in [4.78, 5) is 11.8. The topological polar surface area (TPSA) is 56.8 Å². The van der Waals surface area contributed by atoms with Crippen LogP contribution in [0.5, 0.6) is 0 Å². The molecule has 0 spiro atoms. The van der Waals surface area contributed by atoms with Crippen LogP contribution < -0.4 is 5.32 Å². The first-order valence-corrected chi connectivity index (χ1v) is 7.69. The highest BCUT2D eigenvalue weighted by Gasteiger charge is 2.19. The van der Waals surface area contributed by atoms with E-state index in [1.165, 1.54) is 0 Å². The molecule has 0 saturated heterocycles. The van der Waals surface area contributed by atoms with Crippen LogP contribution in [0.15, 0.2) is 0 Å². The smallest absolute Gasteiger partial charge is 0.323 e. The van der Waals surface area contributed by atoms with Crippen LogP contribution in [0.1, 0.15) is 47.0 Å². The predicted octanol–water partition coefficient (Wildman–Crippen LogP) is 2.14. The second-order valence-corrected chi connectivity index (χ2v) is 4.99. The summed E-state index contributed by atoms with van der Waals surface area (Å²) in [5.74, 6) is -0.205. The van der Waals surface area contributed by atoms with E-state index in [1.807, 2.05) is 20.8 Å². The van der Waals surface area contributed by atoms with Gasteiger partial charge in [0.2, 0.25) is 0 Å². The number of carbonyl (C=O) groups is 1. The first-order valence-electron chi connectivity index (χ1n) is 7.69. The van der Waals surface area contributed by atoms with Crippen molar-refractivity contribution >= 4 is 5.97 Å². The van der Waals surface area contributed by atoms with Crippen molar-refractivity contribution < 1.29 is 19.0 Å². The molecule has 0 amide bonds. The number of nitrogens with one attached hydrogen (secondary N) is 1. The Morgan fingerprint density at radius 3 is 2.25 bits per heavy atom. The predicted molar refractivity (Wildman–Crippen MR) is 79.9 cm³/mol. The highest BCUT2D eigenvalue weighted by molar-refractivity contribution is 5.75. The standard InChI is InChI=1S/C15H31NO4/c1-5-7-9-18-11-12-19-10-8-14(16-13(3)4)15(17)20-6-2/h13-14,16H,5-12H2,1-4H3. The van der Waals surface area contributed by atoms with Crippen molar-refractivity contribution in [3.8, 4) is 0 Å². The molecule has 0 aliphatic carbocycles. The number of carbonyl (C=O) groups excluding carboxylic acids is 1. The summed E-state index contributed by atoms with van der Waals surface area (Å²) >= 11 is 0. The number of unbranched alkanes of at least 4 members (excludes halogenated alkanes) is 1. The summed E-state index contributed by atoms with van der Waals surface area (Å²) in [5.41, 5.74) is 0. The summed E-state index contributed by atoms with van der Waals surface area (Å²) in [6.07, 6.45) is 2.85. The van der Waals surface area contributed by atoms with Gasteiger partial charge in [0.15, 0.2) is 0 Å². The van der Waals surface area contributed by atoms with Crippen molar-refractivity contribution in [3.05, 3.63) is 0 Å². The summed E-state index contributed by atoms with van der Waals surface area (Å²) in [5, 5.41) is 3.20. The number of rotatable bonds is 13. The zero-order valence-corrected chi connectivity index (χ0v) is 13.4. The summed E-state index contributed by atoms with van der Waals surface area (Å²) in [6, 6.07) is -0.0576. The molecule has 0 radical (unpaired) electrons. The maximum absolute atomic E-state index is 11.8. The fourth-order valence-corrected chi connectivity index (χ4v) is 1.68. The Bertz CT molecular complexity index is 234. The number of ether oxygens (including phenoxy) is 3. The Morgan fingerprint density at radius 2 is 1.70 bits per heavy atom. The van der Waals surface area contributed by atoms with Crippen LogP contribution in [0.4, 0.5) is 0 Å². The lowest BCUT2D eigenvalue weighted by atomic mass is 10.2. The highest BCUT2D eigenvalue weighted by atomic mass is 16.5. The third kappa shape index (κ3) is 11.2. The lowest BCUT2D eigenvalue weighted by Gasteiger charge is -2.19. The van der Waals surface area contributed by atoms with Crippen LogP contribution >= 0.6 is 0 Å². The first kappa shape index (κ1) is 19.4. The summed E-state index contributed by atoms with van der Waals surface area (Å²) in [6.45, 7) is 10.9. The molecule has 120 valence electrons. The Labute approximate surface area is 123 Å². The van der Waals surface area contributed by atoms with Gasteiger partial charge in [0.05, 0.1) is 19.8 Å². The van der Waals surface area contributed by atoms with Gasteiger partial charge in [-0.15, -0.1) is 0 Å². The van der Waals surface area contributed by atoms with Gasteiger partial charge < -0.3 is 19.5 Å². The van der Waals surface area contributed by atoms with Crippen LogP contribution in [0, 0.1) is 0 Å². The lowest BCUT2D eigenvalue weighted by Crippen LogP contribution is -2.42. The molecular formula is C15H31NO4. The minimum absolute atomic E-state index is 0.205. The SMILES string of the molecule is CCCCOCCOCCC(NC(C)C)C(=O)OCC. The molecule has 0 aromatic heterocycles. The fraction of sp³-hybridized carbons (Fsp3) is 0.933. The molecule has 0 rings (SSSR count). The van der Waals surface area contributed by atoms with E-state index in [1.54, 1.807) is 0 Å². The van der Waals surface area contributed by atoms with E-state index in [0.717, 1.165) is 19.4 Å². The van der Waals surface area contributed by atoms with E-state index in [0.29, 0.717) is 32.8 Å². The molecule has 0 aliphatic rings. The molecule has 0 heterocycles. The fourth-order valence-electron chi connectivity index (χ4n) is 1.68. The lowest BCUT2D eigenvalue weighted by molar-refractivity contribution is -0.146. The monoisotopic (exact) mass is 289 g/mol. The average Bonchev–Trinajstić information content (AvgIpc) is 2.40. The third-order valence-corrected chi connectivity index (χ3v) is 2.67. The van der Waals surface area contributed by atoms with Crippen molar-refractivity contribution in [2.24, 2.45) is 0 Å². The van der Waals surface area contributed by atoms with Crippen LogP contribution in [0.3, 0.4) is 0 Å². The maximum atomic E-state index is 11.8. The van der Waals surface area contributed by atoms with Gasteiger partial charge in [-0.05, 0) is 19.8 Å². The van der Waals surface area contributed by atoms with Crippen LogP contribution in [0.25, 0.3) is 0 Å². The Balaban J connectivity index is 3.71. The van der Waals surface area contributed by atoms with Crippen LogP contribution in [-0.2, 0) is 19.0 Å². The Kier molecular flexibility index (Phi) is 12.9. The van der Waals surface area contributed by atoms with Gasteiger partial charge in [-0.3, -0.25) is 4.79 Å². The summed E-state index contributed by atoms with van der Waals surface area (Å²) in [7, 11) is 0. The molecule has 20 heavy (non-hydrogen) atoms. The van der Waals surface area contributed by atoms with E-state index < -0.39 is 0 Å². The van der Waals surface area contributed by atoms with Gasteiger partial charge >= 0.3 is 5.97 Å². The Hall–Kier alpha value is -0.650. The maximum Gasteiger partial charge on any atom is 0.323 e. The van der Waals surface area contributed by atoms with E-state index in [-0.39, 0.29) is 18.1 Å². The quantitative estimate of drug-likeness (QED) is 0.416. The molecule has 5 heteroatoms. The second kappa shape index (κ2) is 13.3. The van der Waals surface area contributed by atoms with Crippen molar-refractivity contribution in [1.29, 1.82) is 0 Å². The molecule has 0 fully saturated rings. The van der Waals surface area contributed by atoms with Crippen LogP contribution in [0.2, 0.25) is 0 Å². The molecule has 1 N–H and O–H groups in total. The molecular weight excluding hydrogens is 258 g/mol. The normalized spacial score (nSPS) is 12.7. The summed E-state index contributed by atoms with van der Waals surface area (Å²) < 4.78 is 15.9. The van der Waals surface area contributed by atoms with E-state index in [4.69, 9.17) is 14.2 Å². The molecule has 1 unspecified atom stereocenters. The highest BCUT2D eigenvalue weighted by Crippen LogP contribution is 1.99. The molecule has 0 aromatic carbocycles. The van der Waals surface area contributed by atoms with E-state index in [2.05, 4.69) is 12.2 Å². The molecule has 1 atom stereocenters. The van der Waals surface area contributed by atoms with Gasteiger partial charge in [0.1, 0.15) is 6.04 Å². The molecule has 0 saturated carbocycles. The van der Waals surface area contributed by atoms with E-state index >= 15 is 0 Å². The van der Waals surface area contributed by atoms with Gasteiger partial charge in [-0.1, -0.05) is 27.2 Å². The largest absolute Gasteiger partial charge is 0.465 e. The van der Waals surface area contributed by atoms with Crippen molar-refractivity contribution in [3.63, 3.8) is 0 Å². The second-order valence-electron chi connectivity index (χ2n) is 4.99.